The normalized spacial score (nSPS) is 19.3. The lowest BCUT2D eigenvalue weighted by Gasteiger charge is -2.37. The van der Waals surface area contributed by atoms with Crippen LogP contribution in [0.15, 0.2) is 24.5 Å². The average molecular weight is 501 g/mol. The zero-order chi connectivity index (χ0) is 25.8. The van der Waals surface area contributed by atoms with Crippen LogP contribution in [0.4, 0.5) is 30.6 Å². The fourth-order valence-electron chi connectivity index (χ4n) is 4.94. The predicted octanol–water partition coefficient (Wildman–Crippen LogP) is 3.96. The van der Waals surface area contributed by atoms with Crippen LogP contribution < -0.4 is 15.5 Å². The molecule has 1 amide bonds. The number of amides is 1. The molecule has 1 unspecified atom stereocenters. The lowest BCUT2D eigenvalue weighted by Crippen LogP contribution is -2.49. The minimum absolute atomic E-state index is 0.0543. The molecule has 1 aliphatic carbocycles. The lowest BCUT2D eigenvalue weighted by atomic mass is 9.99. The summed E-state index contributed by atoms with van der Waals surface area (Å²) in [6.07, 6.45) is 0.262. The van der Waals surface area contributed by atoms with Crippen molar-refractivity contribution >= 4 is 23.4 Å². The maximum Gasteiger partial charge on any atom is 0.433 e. The largest absolute Gasteiger partial charge is 0.433 e. The number of carbonyl (C=O) groups is 1. The van der Waals surface area contributed by atoms with E-state index in [1.807, 2.05) is 38.9 Å². The number of likely N-dealkylation sites (N-methyl/N-ethyl adjacent to an activating group) is 1. The third kappa shape index (κ3) is 4.35. The molecule has 2 N–H and O–H groups in total. The second-order valence-electron chi connectivity index (χ2n) is 9.63. The van der Waals surface area contributed by atoms with Crippen LogP contribution in [-0.2, 0) is 23.9 Å². The second kappa shape index (κ2) is 8.75. The maximum absolute atomic E-state index is 12.8. The Labute approximate surface area is 206 Å². The number of nitrogens with zero attached hydrogens (tertiary/aromatic N) is 6. The van der Waals surface area contributed by atoms with E-state index >= 15 is 0 Å². The summed E-state index contributed by atoms with van der Waals surface area (Å²) in [6.45, 7) is 6.15. The average Bonchev–Trinajstić information content (AvgIpc) is 3.35. The van der Waals surface area contributed by atoms with E-state index in [0.29, 0.717) is 35.3 Å². The number of aryl methyl sites for hydroxylation is 2. The molecular formula is C24H27F3N8O. The first-order valence-electron chi connectivity index (χ1n) is 11.8. The molecule has 0 aromatic carbocycles. The topological polar surface area (TPSA) is 101 Å². The summed E-state index contributed by atoms with van der Waals surface area (Å²) in [5.41, 5.74) is 2.96. The van der Waals surface area contributed by atoms with Gasteiger partial charge in [-0.2, -0.15) is 23.3 Å². The van der Waals surface area contributed by atoms with Crippen molar-refractivity contribution in [3.63, 3.8) is 0 Å². The van der Waals surface area contributed by atoms with Gasteiger partial charge in [-0.25, -0.2) is 4.98 Å². The summed E-state index contributed by atoms with van der Waals surface area (Å²) in [6, 6.07) is 2.02. The maximum atomic E-state index is 12.8. The summed E-state index contributed by atoms with van der Waals surface area (Å²) in [7, 11) is 1.87. The molecule has 1 aliphatic heterocycles. The highest BCUT2D eigenvalue weighted by Gasteiger charge is 2.36. The summed E-state index contributed by atoms with van der Waals surface area (Å²) in [5.74, 6) is 1.18. The van der Waals surface area contributed by atoms with E-state index in [9.17, 15) is 18.0 Å². The molecule has 2 aliphatic rings. The Balaban J connectivity index is 1.34. The zero-order valence-electron chi connectivity index (χ0n) is 20.4. The van der Waals surface area contributed by atoms with Gasteiger partial charge in [-0.15, -0.1) is 0 Å². The van der Waals surface area contributed by atoms with Crippen LogP contribution in [0.5, 0.6) is 0 Å². The monoisotopic (exact) mass is 500 g/mol. The van der Waals surface area contributed by atoms with Crippen molar-refractivity contribution in [3.05, 3.63) is 52.7 Å². The summed E-state index contributed by atoms with van der Waals surface area (Å²) in [5, 5.41) is 11.0. The first-order valence-corrected chi connectivity index (χ1v) is 11.8. The number of carbonyl (C=O) groups excluding carboxylic acids is 1. The van der Waals surface area contributed by atoms with E-state index in [-0.39, 0.29) is 23.9 Å². The third-order valence-corrected chi connectivity index (χ3v) is 6.65. The van der Waals surface area contributed by atoms with Crippen LogP contribution in [0.2, 0.25) is 0 Å². The van der Waals surface area contributed by atoms with Gasteiger partial charge >= 0.3 is 6.18 Å². The highest BCUT2D eigenvalue weighted by molar-refractivity contribution is 6.03. The Kier molecular flexibility index (Phi) is 5.84. The van der Waals surface area contributed by atoms with Gasteiger partial charge in [0, 0.05) is 25.0 Å². The Morgan fingerprint density at radius 1 is 1.25 bits per heavy atom. The minimum atomic E-state index is -4.46. The lowest BCUT2D eigenvalue weighted by molar-refractivity contribution is -0.141. The van der Waals surface area contributed by atoms with E-state index in [4.69, 9.17) is 4.98 Å². The number of fused-ring (bicyclic) bond motifs is 2. The third-order valence-electron chi connectivity index (χ3n) is 6.65. The molecule has 36 heavy (non-hydrogen) atoms. The molecule has 190 valence electrons. The minimum Gasteiger partial charge on any atom is -0.347 e. The highest BCUT2D eigenvalue weighted by Crippen LogP contribution is 2.37. The van der Waals surface area contributed by atoms with Crippen molar-refractivity contribution in [1.29, 1.82) is 0 Å². The molecule has 0 saturated heterocycles. The molecule has 0 fully saturated rings. The standard InChI is InChI=1S/C24H27F3N8O/c1-12(2)20-22(36)31-19-13(3)29-23(32-21(19)34(20)4)30-16-6-7-17-15(16)11-35(33-17)10-14-5-8-18(28-9-14)24(25,26)27/h5,8-9,11-12,16,20H,6-7,10H2,1-4H3,(H,31,36)(H,29,30,32)/t16-,20?/m0/s1. The van der Waals surface area contributed by atoms with Gasteiger partial charge in [-0.05, 0) is 37.3 Å². The number of halogens is 3. The van der Waals surface area contributed by atoms with Gasteiger partial charge in [0.05, 0.1) is 24.0 Å². The summed E-state index contributed by atoms with van der Waals surface area (Å²) < 4.78 is 40.0. The van der Waals surface area contributed by atoms with Gasteiger partial charge < -0.3 is 15.5 Å². The SMILES string of the molecule is Cc1nc(N[C@H]2CCc3nn(Cc4ccc(C(F)(F)F)nc4)cc32)nc2c1NC(=O)C(C(C)C)N2C. The number of hydrogen-bond acceptors (Lipinski definition) is 7. The quantitative estimate of drug-likeness (QED) is 0.547. The number of anilines is 3. The smallest absolute Gasteiger partial charge is 0.347 e. The molecule has 0 bridgehead atoms. The Morgan fingerprint density at radius 3 is 2.69 bits per heavy atom. The van der Waals surface area contributed by atoms with E-state index in [2.05, 4.69) is 25.7 Å². The van der Waals surface area contributed by atoms with E-state index in [0.717, 1.165) is 30.2 Å². The van der Waals surface area contributed by atoms with Crippen molar-refractivity contribution in [2.45, 2.75) is 58.4 Å². The van der Waals surface area contributed by atoms with Crippen molar-refractivity contribution in [1.82, 2.24) is 24.7 Å². The van der Waals surface area contributed by atoms with Crippen LogP contribution >= 0.6 is 0 Å². The van der Waals surface area contributed by atoms with Gasteiger partial charge in [0.25, 0.3) is 0 Å². The van der Waals surface area contributed by atoms with Crippen LogP contribution in [0, 0.1) is 12.8 Å². The zero-order valence-corrected chi connectivity index (χ0v) is 20.4. The molecule has 3 aromatic heterocycles. The Morgan fingerprint density at radius 2 is 2.03 bits per heavy atom. The van der Waals surface area contributed by atoms with Gasteiger partial charge in [0.1, 0.15) is 17.4 Å². The number of rotatable bonds is 5. The molecule has 3 aromatic rings. The van der Waals surface area contributed by atoms with E-state index < -0.39 is 11.9 Å². The number of alkyl halides is 3. The summed E-state index contributed by atoms with van der Waals surface area (Å²) >= 11 is 0. The van der Waals surface area contributed by atoms with Crippen molar-refractivity contribution in [3.8, 4) is 0 Å². The van der Waals surface area contributed by atoms with E-state index in [1.54, 1.807) is 4.68 Å². The van der Waals surface area contributed by atoms with Gasteiger partial charge in [0.2, 0.25) is 11.9 Å². The fraction of sp³-hybridized carbons (Fsp3) is 0.458. The molecule has 0 saturated carbocycles. The molecule has 5 rings (SSSR count). The molecule has 12 heteroatoms. The second-order valence-corrected chi connectivity index (χ2v) is 9.63. The van der Waals surface area contributed by atoms with Crippen molar-refractivity contribution in [2.24, 2.45) is 5.92 Å². The van der Waals surface area contributed by atoms with Gasteiger partial charge in [-0.3, -0.25) is 14.5 Å². The molecular weight excluding hydrogens is 473 g/mol. The van der Waals surface area contributed by atoms with Crippen molar-refractivity contribution in [2.75, 3.05) is 22.6 Å². The molecule has 0 spiro atoms. The molecule has 2 atom stereocenters. The Hall–Kier alpha value is -3.70. The number of hydrogen-bond donors (Lipinski definition) is 2. The first kappa shape index (κ1) is 24.0. The fourth-order valence-corrected chi connectivity index (χ4v) is 4.94. The van der Waals surface area contributed by atoms with Crippen LogP contribution in [0.3, 0.4) is 0 Å². The molecule has 0 radical (unpaired) electrons. The van der Waals surface area contributed by atoms with Gasteiger partial charge in [-0.1, -0.05) is 19.9 Å². The predicted molar refractivity (Wildman–Crippen MR) is 128 cm³/mol. The number of pyridine rings is 1. The number of nitrogens with one attached hydrogen (secondary N) is 2. The van der Waals surface area contributed by atoms with Crippen LogP contribution in [0.1, 0.15) is 54.5 Å². The van der Waals surface area contributed by atoms with Crippen LogP contribution in [0.25, 0.3) is 0 Å². The first-order chi connectivity index (χ1) is 17.0. The van der Waals surface area contributed by atoms with E-state index in [1.165, 1.54) is 12.3 Å². The molecule has 9 nitrogen and oxygen atoms in total. The molecule has 4 heterocycles. The summed E-state index contributed by atoms with van der Waals surface area (Å²) in [4.78, 5) is 27.3. The van der Waals surface area contributed by atoms with Crippen molar-refractivity contribution < 1.29 is 18.0 Å². The Bertz CT molecular complexity index is 1300. The van der Waals surface area contributed by atoms with Crippen LogP contribution in [-0.4, -0.2) is 43.7 Å². The number of aromatic nitrogens is 5. The van der Waals surface area contributed by atoms with Gasteiger partial charge in [0.15, 0.2) is 5.82 Å². The highest BCUT2D eigenvalue weighted by atomic mass is 19.4.